The Morgan fingerprint density at radius 3 is 2.52 bits per heavy atom. The van der Waals surface area contributed by atoms with Gasteiger partial charge >= 0.3 is 6.01 Å². The van der Waals surface area contributed by atoms with Crippen LogP contribution in [0.3, 0.4) is 0 Å². The van der Waals surface area contributed by atoms with Crippen molar-refractivity contribution >= 4 is 21.9 Å². The zero-order valence-electron chi connectivity index (χ0n) is 15.7. The number of carbonyl (C=O) groups is 1. The lowest BCUT2D eigenvalue weighted by Gasteiger charge is -2.32. The van der Waals surface area contributed by atoms with Gasteiger partial charge in [0, 0.05) is 24.1 Å². The maximum atomic E-state index is 12.8. The van der Waals surface area contributed by atoms with Crippen LogP contribution in [0.2, 0.25) is 0 Å². The van der Waals surface area contributed by atoms with E-state index in [1.807, 2.05) is 20.8 Å². The van der Waals surface area contributed by atoms with E-state index in [0.29, 0.717) is 18.0 Å². The number of carbonyl (C=O) groups excluding carboxylic acids is 1. The zero-order chi connectivity index (χ0) is 19.6. The van der Waals surface area contributed by atoms with Gasteiger partial charge in [0.15, 0.2) is 0 Å². The minimum absolute atomic E-state index is 0.0144. The van der Waals surface area contributed by atoms with Crippen molar-refractivity contribution in [1.82, 2.24) is 14.5 Å². The standard InChI is InChI=1S/C18H24N4O4S/c1-12(2)17-20-21-18(26-17)19-16(23)14-7-9-15(10-8-14)27(24,25)22-11-5-4-6-13(22)3/h7-10,12-13H,4-6,11H2,1-3H3,(H,19,21,23). The molecule has 2 aromatic rings. The van der Waals surface area contributed by atoms with E-state index in [-0.39, 0.29) is 22.9 Å². The molecule has 1 aromatic heterocycles. The summed E-state index contributed by atoms with van der Waals surface area (Å²) in [6, 6.07) is 5.88. The Labute approximate surface area is 159 Å². The molecule has 1 aliphatic heterocycles. The third kappa shape index (κ3) is 4.19. The third-order valence-corrected chi connectivity index (χ3v) is 6.65. The molecule has 0 aliphatic carbocycles. The van der Waals surface area contributed by atoms with Crippen LogP contribution in [0, 0.1) is 0 Å². The van der Waals surface area contributed by atoms with E-state index in [9.17, 15) is 13.2 Å². The molecule has 1 unspecified atom stereocenters. The van der Waals surface area contributed by atoms with Crippen molar-refractivity contribution in [2.24, 2.45) is 0 Å². The van der Waals surface area contributed by atoms with Crippen molar-refractivity contribution < 1.29 is 17.6 Å². The molecule has 1 aromatic carbocycles. The minimum atomic E-state index is -3.56. The van der Waals surface area contributed by atoms with Gasteiger partial charge in [-0.05, 0) is 44.0 Å². The molecule has 0 saturated carbocycles. The predicted octanol–water partition coefficient (Wildman–Crippen LogP) is 3.01. The monoisotopic (exact) mass is 392 g/mol. The molecule has 0 spiro atoms. The smallest absolute Gasteiger partial charge is 0.322 e. The second kappa shape index (κ2) is 7.77. The highest BCUT2D eigenvalue weighted by Gasteiger charge is 2.30. The van der Waals surface area contributed by atoms with Crippen molar-refractivity contribution in [3.05, 3.63) is 35.7 Å². The van der Waals surface area contributed by atoms with Crippen molar-refractivity contribution in [2.45, 2.75) is 56.9 Å². The number of benzene rings is 1. The molecule has 1 saturated heterocycles. The van der Waals surface area contributed by atoms with Gasteiger partial charge in [-0.25, -0.2) is 8.42 Å². The van der Waals surface area contributed by atoms with Crippen molar-refractivity contribution in [3.8, 4) is 0 Å². The fraction of sp³-hybridized carbons (Fsp3) is 0.500. The zero-order valence-corrected chi connectivity index (χ0v) is 16.5. The molecule has 0 radical (unpaired) electrons. The number of nitrogens with zero attached hydrogens (tertiary/aromatic N) is 3. The van der Waals surface area contributed by atoms with Gasteiger partial charge in [-0.3, -0.25) is 10.1 Å². The largest absolute Gasteiger partial charge is 0.408 e. The number of hydrogen-bond acceptors (Lipinski definition) is 6. The molecule has 1 N–H and O–H groups in total. The molecule has 27 heavy (non-hydrogen) atoms. The Hall–Kier alpha value is -2.26. The Kier molecular flexibility index (Phi) is 5.61. The molecule has 8 nitrogen and oxygen atoms in total. The first-order chi connectivity index (χ1) is 12.8. The highest BCUT2D eigenvalue weighted by Crippen LogP contribution is 2.25. The SMILES string of the molecule is CC(C)c1nnc(NC(=O)c2ccc(S(=O)(=O)N3CCCCC3C)cc2)o1. The lowest BCUT2D eigenvalue weighted by atomic mass is 10.1. The molecule has 1 atom stereocenters. The van der Waals surface area contributed by atoms with Gasteiger partial charge in [-0.15, -0.1) is 5.10 Å². The third-order valence-electron chi connectivity index (χ3n) is 4.62. The summed E-state index contributed by atoms with van der Waals surface area (Å²) in [5.74, 6) is 0.0523. The van der Waals surface area contributed by atoms with Crippen LogP contribution in [0.5, 0.6) is 0 Å². The predicted molar refractivity (Wildman–Crippen MR) is 100.0 cm³/mol. The van der Waals surface area contributed by atoms with Crippen LogP contribution in [0.25, 0.3) is 0 Å². The average Bonchev–Trinajstić information content (AvgIpc) is 3.11. The summed E-state index contributed by atoms with van der Waals surface area (Å²) in [7, 11) is -3.56. The van der Waals surface area contributed by atoms with Gasteiger partial charge in [0.25, 0.3) is 5.91 Å². The number of nitrogens with one attached hydrogen (secondary N) is 1. The Morgan fingerprint density at radius 2 is 1.93 bits per heavy atom. The fourth-order valence-corrected chi connectivity index (χ4v) is 4.73. The number of sulfonamides is 1. The molecular formula is C18H24N4O4S. The molecule has 3 rings (SSSR count). The Morgan fingerprint density at radius 1 is 1.22 bits per heavy atom. The molecule has 1 fully saturated rings. The lowest BCUT2D eigenvalue weighted by molar-refractivity contribution is 0.102. The van der Waals surface area contributed by atoms with Crippen LogP contribution in [0.1, 0.15) is 62.2 Å². The quantitative estimate of drug-likeness (QED) is 0.838. The second-order valence-corrected chi connectivity index (χ2v) is 8.93. The van der Waals surface area contributed by atoms with Gasteiger partial charge < -0.3 is 4.42 Å². The summed E-state index contributed by atoms with van der Waals surface area (Å²) in [6.07, 6.45) is 2.77. The number of piperidine rings is 1. The fourth-order valence-electron chi connectivity index (χ4n) is 3.03. The topological polar surface area (TPSA) is 105 Å². The van der Waals surface area contributed by atoms with Crippen LogP contribution >= 0.6 is 0 Å². The average molecular weight is 392 g/mol. The molecule has 1 aliphatic rings. The molecule has 2 heterocycles. The highest BCUT2D eigenvalue weighted by atomic mass is 32.2. The summed E-state index contributed by atoms with van der Waals surface area (Å²) >= 11 is 0. The molecule has 9 heteroatoms. The molecule has 1 amide bonds. The van der Waals surface area contributed by atoms with Crippen LogP contribution < -0.4 is 5.32 Å². The van der Waals surface area contributed by atoms with Crippen LogP contribution in [-0.4, -0.2) is 41.4 Å². The normalized spacial score (nSPS) is 18.6. The summed E-state index contributed by atoms with van der Waals surface area (Å²) in [5.41, 5.74) is 0.310. The van der Waals surface area contributed by atoms with Gasteiger partial charge in [0.05, 0.1) is 4.90 Å². The van der Waals surface area contributed by atoms with E-state index >= 15 is 0 Å². The van der Waals surface area contributed by atoms with Crippen molar-refractivity contribution in [3.63, 3.8) is 0 Å². The maximum absolute atomic E-state index is 12.8. The van der Waals surface area contributed by atoms with E-state index in [0.717, 1.165) is 19.3 Å². The van der Waals surface area contributed by atoms with Gasteiger partial charge in [-0.1, -0.05) is 25.4 Å². The van der Waals surface area contributed by atoms with Gasteiger partial charge in [0.2, 0.25) is 15.9 Å². The van der Waals surface area contributed by atoms with E-state index in [1.54, 1.807) is 0 Å². The number of anilines is 1. The molecule has 0 bridgehead atoms. The Bertz CT molecular complexity index is 906. The van der Waals surface area contributed by atoms with E-state index in [1.165, 1.54) is 28.6 Å². The maximum Gasteiger partial charge on any atom is 0.322 e. The van der Waals surface area contributed by atoms with Gasteiger partial charge in [-0.2, -0.15) is 4.31 Å². The molecule has 146 valence electrons. The van der Waals surface area contributed by atoms with Crippen LogP contribution in [0.15, 0.2) is 33.6 Å². The second-order valence-electron chi connectivity index (χ2n) is 7.04. The molecular weight excluding hydrogens is 368 g/mol. The van der Waals surface area contributed by atoms with Crippen LogP contribution in [-0.2, 0) is 10.0 Å². The summed E-state index contributed by atoms with van der Waals surface area (Å²) in [4.78, 5) is 12.5. The van der Waals surface area contributed by atoms with Crippen LogP contribution in [0.4, 0.5) is 6.01 Å². The van der Waals surface area contributed by atoms with E-state index in [2.05, 4.69) is 15.5 Å². The first-order valence-corrected chi connectivity index (χ1v) is 10.5. The van der Waals surface area contributed by atoms with Crippen molar-refractivity contribution in [1.29, 1.82) is 0 Å². The first kappa shape index (κ1) is 19.5. The highest BCUT2D eigenvalue weighted by molar-refractivity contribution is 7.89. The van der Waals surface area contributed by atoms with Gasteiger partial charge in [0.1, 0.15) is 0 Å². The van der Waals surface area contributed by atoms with Crippen molar-refractivity contribution in [2.75, 3.05) is 11.9 Å². The number of amides is 1. The number of aromatic nitrogens is 2. The summed E-state index contributed by atoms with van der Waals surface area (Å²) in [6.45, 7) is 6.26. The summed E-state index contributed by atoms with van der Waals surface area (Å²) < 4.78 is 32.5. The number of rotatable bonds is 5. The lowest BCUT2D eigenvalue weighted by Crippen LogP contribution is -2.41. The van der Waals surface area contributed by atoms with E-state index in [4.69, 9.17) is 4.42 Å². The Balaban J connectivity index is 1.73. The summed E-state index contributed by atoms with van der Waals surface area (Å²) in [5, 5.41) is 10.2. The van der Waals surface area contributed by atoms with E-state index < -0.39 is 15.9 Å². The first-order valence-electron chi connectivity index (χ1n) is 9.05. The number of hydrogen-bond donors (Lipinski definition) is 1. The minimum Gasteiger partial charge on any atom is -0.408 e.